The zero-order chi connectivity index (χ0) is 21.7. The third-order valence-electron chi connectivity index (χ3n) is 3.92. The Bertz CT molecular complexity index is 1110. The summed E-state index contributed by atoms with van der Waals surface area (Å²) in [4.78, 5) is 22.4. The Kier molecular flexibility index (Phi) is 6.43. The molecule has 30 heavy (non-hydrogen) atoms. The number of hydrogen-bond donors (Lipinski definition) is 1. The predicted octanol–water partition coefficient (Wildman–Crippen LogP) is 4.87. The minimum absolute atomic E-state index is 0.0513. The fraction of sp³-hybridized carbons (Fsp3) is 0.100. The van der Waals surface area contributed by atoms with Gasteiger partial charge in [0.15, 0.2) is 12.3 Å². The van der Waals surface area contributed by atoms with Gasteiger partial charge in [-0.2, -0.15) is 0 Å². The maximum Gasteiger partial charge on any atom is 0.338 e. The van der Waals surface area contributed by atoms with Gasteiger partial charge in [0.2, 0.25) is 5.76 Å². The van der Waals surface area contributed by atoms with Gasteiger partial charge in [-0.1, -0.05) is 35.0 Å². The summed E-state index contributed by atoms with van der Waals surface area (Å²) in [7, 11) is 0. The third-order valence-corrected chi connectivity index (χ3v) is 4.21. The van der Waals surface area contributed by atoms with E-state index in [1.54, 1.807) is 30.3 Å². The number of ether oxygens (including phenoxy) is 1. The maximum atomic E-state index is 13.1. The average Bonchev–Trinajstić information content (AvgIpc) is 3.09. The summed E-state index contributed by atoms with van der Waals surface area (Å²) in [5, 5.41) is 17.1. The standard InChI is InChI=1S/C20H15ClFN3O5/c1-12-20(25(27)28)18(30-24-12)9-4-13-2-6-15(7-3-13)29-11-19(26)23-14-5-8-17(22)16(21)10-14/h2-10H,11H2,1H3,(H,23,26)/b9-4+. The number of rotatable bonds is 7. The summed E-state index contributed by atoms with van der Waals surface area (Å²) in [6, 6.07) is 10.5. The molecular weight excluding hydrogens is 417 g/mol. The number of nitro groups is 1. The van der Waals surface area contributed by atoms with Crippen molar-refractivity contribution in [3.8, 4) is 5.75 Å². The summed E-state index contributed by atoms with van der Waals surface area (Å²) in [5.41, 5.74) is 1.10. The molecule has 1 heterocycles. The van der Waals surface area contributed by atoms with E-state index in [4.69, 9.17) is 20.9 Å². The second-order valence-electron chi connectivity index (χ2n) is 6.11. The van der Waals surface area contributed by atoms with E-state index in [1.165, 1.54) is 25.1 Å². The molecule has 1 N–H and O–H groups in total. The van der Waals surface area contributed by atoms with Gasteiger partial charge in [0.25, 0.3) is 5.91 Å². The quantitative estimate of drug-likeness (QED) is 0.422. The Morgan fingerprint density at radius 3 is 2.70 bits per heavy atom. The predicted molar refractivity (Wildman–Crippen MR) is 109 cm³/mol. The lowest BCUT2D eigenvalue weighted by molar-refractivity contribution is -0.386. The zero-order valence-corrected chi connectivity index (χ0v) is 16.4. The van der Waals surface area contributed by atoms with Gasteiger partial charge in [-0.05, 0) is 48.9 Å². The maximum absolute atomic E-state index is 13.1. The number of halogens is 2. The number of nitrogens with zero attached hydrogens (tertiary/aromatic N) is 2. The van der Waals surface area contributed by atoms with Crippen LogP contribution in [-0.4, -0.2) is 22.6 Å². The summed E-state index contributed by atoms with van der Waals surface area (Å²) >= 11 is 5.67. The van der Waals surface area contributed by atoms with Crippen LogP contribution >= 0.6 is 11.6 Å². The molecule has 154 valence electrons. The molecule has 0 spiro atoms. The molecule has 0 saturated heterocycles. The van der Waals surface area contributed by atoms with Gasteiger partial charge in [0.05, 0.1) is 9.95 Å². The van der Waals surface area contributed by atoms with Gasteiger partial charge in [0.1, 0.15) is 11.6 Å². The number of carbonyl (C=O) groups excluding carboxylic acids is 1. The van der Waals surface area contributed by atoms with Crippen LogP contribution in [0.1, 0.15) is 17.0 Å². The highest BCUT2D eigenvalue weighted by atomic mass is 35.5. The lowest BCUT2D eigenvalue weighted by Gasteiger charge is -2.08. The molecule has 2 aromatic carbocycles. The molecule has 3 rings (SSSR count). The van der Waals surface area contributed by atoms with Crippen molar-refractivity contribution in [2.24, 2.45) is 0 Å². The van der Waals surface area contributed by atoms with Crippen LogP contribution < -0.4 is 10.1 Å². The van der Waals surface area contributed by atoms with Crippen LogP contribution in [0.4, 0.5) is 15.8 Å². The van der Waals surface area contributed by atoms with Crippen LogP contribution in [0.3, 0.4) is 0 Å². The minimum atomic E-state index is -0.576. The largest absolute Gasteiger partial charge is 0.484 e. The first-order chi connectivity index (χ1) is 14.3. The molecule has 0 atom stereocenters. The number of hydrogen-bond acceptors (Lipinski definition) is 6. The van der Waals surface area contributed by atoms with Gasteiger partial charge in [-0.25, -0.2) is 4.39 Å². The number of nitrogens with one attached hydrogen (secondary N) is 1. The van der Waals surface area contributed by atoms with Crippen LogP contribution in [0.15, 0.2) is 47.0 Å². The van der Waals surface area contributed by atoms with Gasteiger partial charge in [-0.3, -0.25) is 14.9 Å². The van der Waals surface area contributed by atoms with Crippen molar-refractivity contribution in [1.29, 1.82) is 0 Å². The molecule has 0 fully saturated rings. The van der Waals surface area contributed by atoms with Crippen molar-refractivity contribution in [3.63, 3.8) is 0 Å². The van der Waals surface area contributed by atoms with Gasteiger partial charge >= 0.3 is 5.69 Å². The zero-order valence-electron chi connectivity index (χ0n) is 15.6. The van der Waals surface area contributed by atoms with Gasteiger partial charge < -0.3 is 14.6 Å². The van der Waals surface area contributed by atoms with Crippen LogP contribution in [0.2, 0.25) is 5.02 Å². The smallest absolute Gasteiger partial charge is 0.338 e. The van der Waals surface area contributed by atoms with E-state index >= 15 is 0 Å². The highest BCUT2D eigenvalue weighted by Gasteiger charge is 2.21. The van der Waals surface area contributed by atoms with Crippen molar-refractivity contribution in [3.05, 3.63) is 80.4 Å². The molecule has 3 aromatic rings. The molecule has 0 aliphatic carbocycles. The molecule has 0 aliphatic heterocycles. The molecule has 1 aromatic heterocycles. The monoisotopic (exact) mass is 431 g/mol. The van der Waals surface area contributed by atoms with Crippen molar-refractivity contribution < 1.29 is 23.4 Å². The summed E-state index contributed by atoms with van der Waals surface area (Å²) in [6.07, 6.45) is 3.08. The van der Waals surface area contributed by atoms with E-state index in [1.807, 2.05) is 0 Å². The molecule has 1 amide bonds. The second-order valence-corrected chi connectivity index (χ2v) is 6.51. The molecular formula is C20H15ClFN3O5. The van der Waals surface area contributed by atoms with Crippen LogP contribution in [0, 0.1) is 22.9 Å². The van der Waals surface area contributed by atoms with Crippen molar-refractivity contribution >= 4 is 41.0 Å². The minimum Gasteiger partial charge on any atom is -0.484 e. The third kappa shape index (κ3) is 5.21. The number of carbonyl (C=O) groups is 1. The second kappa shape index (κ2) is 9.19. The Hall–Kier alpha value is -3.72. The summed E-state index contributed by atoms with van der Waals surface area (Å²) in [5.74, 6) is -0.515. The Morgan fingerprint density at radius 1 is 1.30 bits per heavy atom. The van der Waals surface area contributed by atoms with Gasteiger partial charge in [-0.15, -0.1) is 0 Å². The van der Waals surface area contributed by atoms with E-state index in [-0.39, 0.29) is 28.8 Å². The Labute approximate surface area is 175 Å². The fourth-order valence-electron chi connectivity index (χ4n) is 2.48. The van der Waals surface area contributed by atoms with E-state index in [0.717, 1.165) is 11.6 Å². The number of aryl methyl sites for hydroxylation is 1. The fourth-order valence-corrected chi connectivity index (χ4v) is 2.66. The molecule has 10 heteroatoms. The first kappa shape index (κ1) is 21.0. The van der Waals surface area contributed by atoms with Crippen LogP contribution in [0.25, 0.3) is 12.2 Å². The lowest BCUT2D eigenvalue weighted by atomic mass is 10.2. The molecule has 8 nitrogen and oxygen atoms in total. The van der Waals surface area contributed by atoms with E-state index in [0.29, 0.717) is 11.4 Å². The number of anilines is 1. The molecule has 0 aliphatic rings. The van der Waals surface area contributed by atoms with E-state index in [2.05, 4.69) is 10.5 Å². The van der Waals surface area contributed by atoms with Crippen molar-refractivity contribution in [1.82, 2.24) is 5.16 Å². The van der Waals surface area contributed by atoms with E-state index in [9.17, 15) is 19.3 Å². The topological polar surface area (TPSA) is 108 Å². The normalized spacial score (nSPS) is 10.9. The first-order valence-electron chi connectivity index (χ1n) is 8.60. The highest BCUT2D eigenvalue weighted by Crippen LogP contribution is 2.25. The molecule has 0 bridgehead atoms. The van der Waals surface area contributed by atoms with Crippen molar-refractivity contribution in [2.45, 2.75) is 6.92 Å². The molecule has 0 unspecified atom stereocenters. The highest BCUT2D eigenvalue weighted by molar-refractivity contribution is 6.31. The Morgan fingerprint density at radius 2 is 2.03 bits per heavy atom. The van der Waals surface area contributed by atoms with Crippen molar-refractivity contribution in [2.75, 3.05) is 11.9 Å². The first-order valence-corrected chi connectivity index (χ1v) is 8.98. The van der Waals surface area contributed by atoms with Crippen LogP contribution in [-0.2, 0) is 4.79 Å². The number of aromatic nitrogens is 1. The van der Waals surface area contributed by atoms with Gasteiger partial charge in [0, 0.05) is 5.69 Å². The molecule has 0 saturated carbocycles. The molecule has 0 radical (unpaired) electrons. The van der Waals surface area contributed by atoms with E-state index < -0.39 is 16.6 Å². The summed E-state index contributed by atoms with van der Waals surface area (Å²) < 4.78 is 23.5. The number of amides is 1. The lowest BCUT2D eigenvalue weighted by Crippen LogP contribution is -2.20. The Balaban J connectivity index is 1.56. The van der Waals surface area contributed by atoms with Crippen LogP contribution in [0.5, 0.6) is 5.75 Å². The summed E-state index contributed by atoms with van der Waals surface area (Å²) in [6.45, 7) is 1.24. The number of benzene rings is 2. The SMILES string of the molecule is Cc1noc(/C=C/c2ccc(OCC(=O)Nc3ccc(F)c(Cl)c3)cc2)c1[N+](=O)[O-]. The average molecular weight is 432 g/mol.